The van der Waals surface area contributed by atoms with E-state index < -0.39 is 10.0 Å². The lowest BCUT2D eigenvalue weighted by Gasteiger charge is -2.34. The van der Waals surface area contributed by atoms with Gasteiger partial charge in [-0.1, -0.05) is 23.7 Å². The second-order valence-electron chi connectivity index (χ2n) is 6.11. The van der Waals surface area contributed by atoms with Crippen LogP contribution >= 0.6 is 11.6 Å². The predicted octanol–water partition coefficient (Wildman–Crippen LogP) is 3.17. The summed E-state index contributed by atoms with van der Waals surface area (Å²) in [6, 6.07) is 5.45. The van der Waals surface area contributed by atoms with Gasteiger partial charge in [-0.05, 0) is 18.9 Å². The van der Waals surface area contributed by atoms with E-state index in [2.05, 4.69) is 14.8 Å². The van der Waals surface area contributed by atoms with Gasteiger partial charge in [0, 0.05) is 24.9 Å². The summed E-state index contributed by atoms with van der Waals surface area (Å²) >= 11 is 6.09. The fourth-order valence-electron chi connectivity index (χ4n) is 3.01. The molecule has 2 N–H and O–H groups in total. The number of para-hydroxylation sites is 1. The molecule has 0 unspecified atom stereocenters. The van der Waals surface area contributed by atoms with Gasteiger partial charge in [-0.25, -0.2) is 8.42 Å². The molecule has 0 atom stereocenters. The van der Waals surface area contributed by atoms with E-state index in [1.54, 1.807) is 36.3 Å². The monoisotopic (exact) mass is 380 g/mol. The van der Waals surface area contributed by atoms with E-state index in [9.17, 15) is 8.42 Å². The Kier molecular flexibility index (Phi) is 3.98. The molecule has 3 aromatic rings. The first kappa shape index (κ1) is 16.4. The van der Waals surface area contributed by atoms with Crippen LogP contribution in [0.3, 0.4) is 0 Å². The summed E-state index contributed by atoms with van der Waals surface area (Å²) < 4.78 is 34.9. The van der Waals surface area contributed by atoms with E-state index in [1.165, 1.54) is 6.20 Å². The lowest BCUT2D eigenvalue weighted by Crippen LogP contribution is -2.32. The number of halogens is 1. The predicted molar refractivity (Wildman–Crippen MR) is 95.4 cm³/mol. The molecule has 2 heterocycles. The summed E-state index contributed by atoms with van der Waals surface area (Å²) in [7, 11) is -2.06. The molecule has 1 aliphatic carbocycles. The molecule has 0 radical (unpaired) electrons. The third-order valence-corrected chi connectivity index (χ3v) is 6.21. The lowest BCUT2D eigenvalue weighted by atomic mass is 9.89. The normalized spacial score (nSPS) is 20.6. The standard InChI is InChI=1S/C16H17ClN4O3S/c1-24-11-5-10(6-11)21-9-12(7-19-21)25(22,23)20-15-4-2-3-13-14(17)8-18-16(13)15/h2-4,7-11,18,20H,5-6H2,1H3. The molecule has 0 aliphatic heterocycles. The number of fused-ring (bicyclic) bond motifs is 1. The Bertz CT molecular complexity index is 1020. The van der Waals surface area contributed by atoms with E-state index in [1.807, 2.05) is 6.07 Å². The number of sulfonamides is 1. The molecule has 0 amide bonds. The molecule has 0 spiro atoms. The smallest absolute Gasteiger partial charge is 0.265 e. The van der Waals surface area contributed by atoms with Crippen LogP contribution in [0.1, 0.15) is 18.9 Å². The number of nitrogens with zero attached hydrogens (tertiary/aromatic N) is 2. The molecule has 0 saturated heterocycles. The minimum Gasteiger partial charge on any atom is -0.381 e. The average Bonchev–Trinajstić information content (AvgIpc) is 3.15. The van der Waals surface area contributed by atoms with Crippen LogP contribution in [-0.2, 0) is 14.8 Å². The van der Waals surface area contributed by atoms with Crippen molar-refractivity contribution in [1.82, 2.24) is 14.8 Å². The van der Waals surface area contributed by atoms with Crippen LogP contribution in [0.15, 0.2) is 41.7 Å². The summed E-state index contributed by atoms with van der Waals surface area (Å²) in [6.07, 6.45) is 6.45. The second-order valence-corrected chi connectivity index (χ2v) is 8.20. The summed E-state index contributed by atoms with van der Waals surface area (Å²) in [5.41, 5.74) is 1.09. The summed E-state index contributed by atoms with van der Waals surface area (Å²) in [4.78, 5) is 3.12. The van der Waals surface area contributed by atoms with Gasteiger partial charge in [-0.15, -0.1) is 0 Å². The molecule has 25 heavy (non-hydrogen) atoms. The highest BCUT2D eigenvalue weighted by Gasteiger charge is 2.32. The third kappa shape index (κ3) is 2.90. The van der Waals surface area contributed by atoms with E-state index in [0.29, 0.717) is 16.2 Å². The SMILES string of the molecule is COC1CC(n2cc(S(=O)(=O)Nc3cccc4c(Cl)c[nH]c34)cn2)C1. The minimum absolute atomic E-state index is 0.128. The average molecular weight is 381 g/mol. The number of anilines is 1. The highest BCUT2D eigenvalue weighted by molar-refractivity contribution is 7.92. The van der Waals surface area contributed by atoms with Crippen LogP contribution in [0.5, 0.6) is 0 Å². The third-order valence-electron chi connectivity index (χ3n) is 4.57. The van der Waals surface area contributed by atoms with Gasteiger partial charge in [-0.3, -0.25) is 9.40 Å². The van der Waals surface area contributed by atoms with Gasteiger partial charge >= 0.3 is 0 Å². The van der Waals surface area contributed by atoms with Gasteiger partial charge in [0.2, 0.25) is 0 Å². The number of rotatable bonds is 5. The molecule has 1 aliphatic rings. The maximum absolute atomic E-state index is 12.7. The zero-order valence-corrected chi connectivity index (χ0v) is 15.0. The van der Waals surface area contributed by atoms with Crippen LogP contribution in [-0.4, -0.2) is 36.4 Å². The Hall–Kier alpha value is -2.03. The fourth-order valence-corrected chi connectivity index (χ4v) is 4.24. The molecule has 7 nitrogen and oxygen atoms in total. The van der Waals surface area contributed by atoms with Gasteiger partial charge in [0.15, 0.2) is 0 Å². The maximum atomic E-state index is 12.7. The Morgan fingerprint density at radius 1 is 1.40 bits per heavy atom. The summed E-state index contributed by atoms with van der Waals surface area (Å²) in [5.74, 6) is 0. The highest BCUT2D eigenvalue weighted by atomic mass is 35.5. The maximum Gasteiger partial charge on any atom is 0.265 e. The van der Waals surface area contributed by atoms with Gasteiger partial charge in [0.05, 0.1) is 34.6 Å². The van der Waals surface area contributed by atoms with Crippen LogP contribution in [0.4, 0.5) is 5.69 Å². The van der Waals surface area contributed by atoms with Gasteiger partial charge in [0.1, 0.15) is 4.90 Å². The first-order chi connectivity index (χ1) is 12.0. The van der Waals surface area contributed by atoms with Crippen molar-refractivity contribution in [3.05, 3.63) is 41.8 Å². The molecule has 1 fully saturated rings. The quantitative estimate of drug-likeness (QED) is 0.711. The molecule has 4 rings (SSSR count). The number of H-pyrrole nitrogens is 1. The van der Waals surface area contributed by atoms with Crippen molar-refractivity contribution in [2.24, 2.45) is 0 Å². The first-order valence-corrected chi connectivity index (χ1v) is 9.69. The van der Waals surface area contributed by atoms with Crippen molar-refractivity contribution in [3.63, 3.8) is 0 Å². The molecule has 2 aromatic heterocycles. The Labute approximate surface area is 150 Å². The van der Waals surface area contributed by atoms with Crippen molar-refractivity contribution in [2.75, 3.05) is 11.8 Å². The van der Waals surface area contributed by atoms with E-state index >= 15 is 0 Å². The molecular formula is C16H17ClN4O3S. The Morgan fingerprint density at radius 2 is 2.20 bits per heavy atom. The molecule has 0 bridgehead atoms. The molecular weight excluding hydrogens is 364 g/mol. The number of hydrogen-bond acceptors (Lipinski definition) is 4. The van der Waals surface area contributed by atoms with E-state index in [4.69, 9.17) is 16.3 Å². The number of hydrogen-bond donors (Lipinski definition) is 2. The van der Waals surface area contributed by atoms with Gasteiger partial charge < -0.3 is 9.72 Å². The van der Waals surface area contributed by atoms with Crippen molar-refractivity contribution < 1.29 is 13.2 Å². The van der Waals surface area contributed by atoms with E-state index in [-0.39, 0.29) is 17.0 Å². The lowest BCUT2D eigenvalue weighted by molar-refractivity contribution is 0.00242. The fraction of sp³-hybridized carbons (Fsp3) is 0.312. The van der Waals surface area contributed by atoms with Crippen LogP contribution < -0.4 is 4.72 Å². The zero-order chi connectivity index (χ0) is 17.6. The van der Waals surface area contributed by atoms with Crippen LogP contribution in [0, 0.1) is 0 Å². The van der Waals surface area contributed by atoms with Crippen molar-refractivity contribution in [3.8, 4) is 0 Å². The number of methoxy groups -OCH3 is 1. The van der Waals surface area contributed by atoms with Crippen molar-refractivity contribution >= 4 is 38.2 Å². The number of nitrogens with one attached hydrogen (secondary N) is 2. The topological polar surface area (TPSA) is 89.0 Å². The molecule has 132 valence electrons. The van der Waals surface area contributed by atoms with Gasteiger partial charge in [0.25, 0.3) is 10.0 Å². The first-order valence-electron chi connectivity index (χ1n) is 7.83. The minimum atomic E-state index is -3.74. The molecule has 1 saturated carbocycles. The summed E-state index contributed by atoms with van der Waals surface area (Å²) in [5, 5.41) is 5.50. The van der Waals surface area contributed by atoms with Crippen molar-refractivity contribution in [2.45, 2.75) is 29.9 Å². The largest absolute Gasteiger partial charge is 0.381 e. The van der Waals surface area contributed by atoms with Gasteiger partial charge in [-0.2, -0.15) is 5.10 Å². The van der Waals surface area contributed by atoms with Crippen LogP contribution in [0.25, 0.3) is 10.9 Å². The second kappa shape index (κ2) is 6.05. The molecule has 1 aromatic carbocycles. The van der Waals surface area contributed by atoms with E-state index in [0.717, 1.165) is 18.2 Å². The number of benzene rings is 1. The summed E-state index contributed by atoms with van der Waals surface area (Å²) in [6.45, 7) is 0. The Morgan fingerprint density at radius 3 is 2.96 bits per heavy atom. The molecule has 9 heteroatoms. The zero-order valence-electron chi connectivity index (χ0n) is 13.4. The highest BCUT2D eigenvalue weighted by Crippen LogP contribution is 2.34. The Balaban J connectivity index is 1.59. The van der Waals surface area contributed by atoms with Crippen molar-refractivity contribution in [1.29, 1.82) is 0 Å². The number of aromatic amines is 1. The van der Waals surface area contributed by atoms with Crippen LogP contribution in [0.2, 0.25) is 5.02 Å². The number of aromatic nitrogens is 3. The number of ether oxygens (including phenoxy) is 1.